The van der Waals surface area contributed by atoms with Crippen LogP contribution in [0.1, 0.15) is 31.7 Å². The van der Waals surface area contributed by atoms with Crippen LogP contribution in [0.3, 0.4) is 0 Å². The largest absolute Gasteiger partial charge is 0.493 e. The molecule has 0 aromatic heterocycles. The van der Waals surface area contributed by atoms with Gasteiger partial charge in [-0.05, 0) is 43.4 Å². The van der Waals surface area contributed by atoms with Crippen LogP contribution in [0.4, 0.5) is 0 Å². The van der Waals surface area contributed by atoms with Gasteiger partial charge < -0.3 is 20.5 Å². The minimum absolute atomic E-state index is 0. The standard InChI is InChI=1S/C16H24ClN3O2.HI/c1-3-22-15-13(17)7-12(8-14(15)21-2)10-20-16(18)19-9-11-5-4-6-11;/h7-8,11H,3-6,9-10H2,1-2H3,(H3,18,19,20);1H. The number of benzene rings is 1. The molecular weight excluding hydrogens is 429 g/mol. The lowest BCUT2D eigenvalue weighted by atomic mass is 9.85. The van der Waals surface area contributed by atoms with Gasteiger partial charge in [-0.15, -0.1) is 24.0 Å². The summed E-state index contributed by atoms with van der Waals surface area (Å²) in [5, 5.41) is 3.69. The monoisotopic (exact) mass is 453 g/mol. The molecule has 0 bridgehead atoms. The summed E-state index contributed by atoms with van der Waals surface area (Å²) in [6.45, 7) is 3.79. The first kappa shape index (κ1) is 20.2. The smallest absolute Gasteiger partial charge is 0.188 e. The first-order chi connectivity index (χ1) is 10.6. The van der Waals surface area contributed by atoms with E-state index in [1.165, 1.54) is 19.3 Å². The molecular formula is C16H25ClIN3O2. The molecule has 3 N–H and O–H groups in total. The number of methoxy groups -OCH3 is 1. The molecule has 1 aliphatic carbocycles. The lowest BCUT2D eigenvalue weighted by molar-refractivity contribution is 0.311. The number of nitrogens with one attached hydrogen (secondary N) is 1. The van der Waals surface area contributed by atoms with E-state index in [4.69, 9.17) is 26.8 Å². The molecule has 0 atom stereocenters. The van der Waals surface area contributed by atoms with Crippen LogP contribution in [0, 0.1) is 5.92 Å². The molecule has 0 spiro atoms. The van der Waals surface area contributed by atoms with Gasteiger partial charge in [-0.2, -0.15) is 0 Å². The van der Waals surface area contributed by atoms with Crippen molar-refractivity contribution >= 4 is 41.5 Å². The molecule has 0 aliphatic heterocycles. The summed E-state index contributed by atoms with van der Waals surface area (Å²) in [4.78, 5) is 4.35. The van der Waals surface area contributed by atoms with Gasteiger partial charge in [0.05, 0.1) is 25.3 Å². The molecule has 130 valence electrons. The molecule has 1 aliphatic rings. The summed E-state index contributed by atoms with van der Waals surface area (Å²) in [5.74, 6) is 2.39. The van der Waals surface area contributed by atoms with Gasteiger partial charge in [0.1, 0.15) is 0 Å². The Morgan fingerprint density at radius 2 is 2.17 bits per heavy atom. The lowest BCUT2D eigenvalue weighted by Gasteiger charge is -2.25. The predicted octanol–water partition coefficient (Wildman–Crippen LogP) is 3.57. The fourth-order valence-electron chi connectivity index (χ4n) is 2.33. The van der Waals surface area contributed by atoms with Crippen molar-refractivity contribution in [3.8, 4) is 11.5 Å². The summed E-state index contributed by atoms with van der Waals surface area (Å²) in [6.07, 6.45) is 3.89. The fraction of sp³-hybridized carbons (Fsp3) is 0.562. The molecule has 1 aromatic rings. The molecule has 0 saturated heterocycles. The predicted molar refractivity (Wildman–Crippen MR) is 105 cm³/mol. The minimum atomic E-state index is 0. The number of hydrogen-bond donors (Lipinski definition) is 2. The van der Waals surface area contributed by atoms with Gasteiger partial charge in [0.15, 0.2) is 17.5 Å². The summed E-state index contributed by atoms with van der Waals surface area (Å²) in [7, 11) is 1.59. The molecule has 0 heterocycles. The van der Waals surface area contributed by atoms with Crippen molar-refractivity contribution in [3.05, 3.63) is 22.7 Å². The SMILES string of the molecule is CCOc1c(Cl)cc(CN=C(N)NCC2CCC2)cc1OC.I. The maximum atomic E-state index is 6.24. The lowest BCUT2D eigenvalue weighted by Crippen LogP contribution is -2.37. The number of aliphatic imine (C=N–C) groups is 1. The van der Waals surface area contributed by atoms with E-state index in [2.05, 4.69) is 10.3 Å². The second kappa shape index (κ2) is 10.1. The number of hydrogen-bond acceptors (Lipinski definition) is 3. The van der Waals surface area contributed by atoms with Gasteiger partial charge >= 0.3 is 0 Å². The van der Waals surface area contributed by atoms with Crippen LogP contribution in [0.25, 0.3) is 0 Å². The van der Waals surface area contributed by atoms with E-state index < -0.39 is 0 Å². The molecule has 5 nitrogen and oxygen atoms in total. The number of ether oxygens (including phenoxy) is 2. The van der Waals surface area contributed by atoms with Gasteiger partial charge in [-0.3, -0.25) is 0 Å². The van der Waals surface area contributed by atoms with Gasteiger partial charge in [-0.1, -0.05) is 18.0 Å². The molecule has 0 unspecified atom stereocenters. The van der Waals surface area contributed by atoms with Gasteiger partial charge in [-0.25, -0.2) is 4.99 Å². The molecule has 23 heavy (non-hydrogen) atoms. The Morgan fingerprint density at radius 1 is 1.43 bits per heavy atom. The average molecular weight is 454 g/mol. The van der Waals surface area contributed by atoms with E-state index in [9.17, 15) is 0 Å². The van der Waals surface area contributed by atoms with Crippen LogP contribution in [0.15, 0.2) is 17.1 Å². The highest BCUT2D eigenvalue weighted by atomic mass is 127. The molecule has 0 radical (unpaired) electrons. The first-order valence-corrected chi connectivity index (χ1v) is 8.04. The molecule has 7 heteroatoms. The summed E-state index contributed by atoms with van der Waals surface area (Å²) >= 11 is 6.24. The van der Waals surface area contributed by atoms with Crippen LogP contribution in [-0.2, 0) is 6.54 Å². The third-order valence-corrected chi connectivity index (χ3v) is 4.09. The van der Waals surface area contributed by atoms with Gasteiger partial charge in [0.2, 0.25) is 0 Å². The average Bonchev–Trinajstić information content (AvgIpc) is 2.45. The fourth-order valence-corrected chi connectivity index (χ4v) is 2.61. The molecule has 0 amide bonds. The first-order valence-electron chi connectivity index (χ1n) is 7.67. The maximum Gasteiger partial charge on any atom is 0.188 e. The van der Waals surface area contributed by atoms with Crippen molar-refractivity contribution in [3.63, 3.8) is 0 Å². The second-order valence-corrected chi connectivity index (χ2v) is 5.83. The van der Waals surface area contributed by atoms with Crippen molar-refractivity contribution in [1.29, 1.82) is 0 Å². The van der Waals surface area contributed by atoms with Crippen LogP contribution >= 0.6 is 35.6 Å². The quantitative estimate of drug-likeness (QED) is 0.376. The van der Waals surface area contributed by atoms with Crippen molar-refractivity contribution in [2.24, 2.45) is 16.6 Å². The number of nitrogens with zero attached hydrogens (tertiary/aromatic N) is 1. The molecule has 2 rings (SSSR count). The Labute approximate surface area is 160 Å². The van der Waals surface area contributed by atoms with Crippen LogP contribution in [0.2, 0.25) is 5.02 Å². The summed E-state index contributed by atoms with van der Waals surface area (Å²) in [5.41, 5.74) is 6.81. The summed E-state index contributed by atoms with van der Waals surface area (Å²) < 4.78 is 10.8. The zero-order valence-electron chi connectivity index (χ0n) is 13.6. The summed E-state index contributed by atoms with van der Waals surface area (Å²) in [6, 6.07) is 3.71. The van der Waals surface area contributed by atoms with Gasteiger partial charge in [0, 0.05) is 6.54 Å². The van der Waals surface area contributed by atoms with E-state index in [0.29, 0.717) is 35.6 Å². The Morgan fingerprint density at radius 3 is 2.74 bits per heavy atom. The Bertz CT molecular complexity index is 536. The van der Waals surface area contributed by atoms with Crippen molar-refractivity contribution in [2.45, 2.75) is 32.7 Å². The zero-order chi connectivity index (χ0) is 15.9. The number of rotatable bonds is 7. The van der Waals surface area contributed by atoms with E-state index in [0.717, 1.165) is 18.0 Å². The van der Waals surface area contributed by atoms with Crippen molar-refractivity contribution < 1.29 is 9.47 Å². The highest BCUT2D eigenvalue weighted by Gasteiger charge is 2.16. The van der Waals surface area contributed by atoms with Crippen LogP contribution in [0.5, 0.6) is 11.5 Å². The van der Waals surface area contributed by atoms with E-state index in [1.807, 2.05) is 19.1 Å². The number of halogens is 2. The Kier molecular flexibility index (Phi) is 8.83. The zero-order valence-corrected chi connectivity index (χ0v) is 16.7. The highest BCUT2D eigenvalue weighted by Crippen LogP contribution is 2.36. The van der Waals surface area contributed by atoms with Crippen LogP contribution in [-0.4, -0.2) is 26.2 Å². The van der Waals surface area contributed by atoms with E-state index in [-0.39, 0.29) is 24.0 Å². The van der Waals surface area contributed by atoms with Crippen LogP contribution < -0.4 is 20.5 Å². The van der Waals surface area contributed by atoms with Crippen molar-refractivity contribution in [1.82, 2.24) is 5.32 Å². The second-order valence-electron chi connectivity index (χ2n) is 5.42. The molecule has 1 fully saturated rings. The topological polar surface area (TPSA) is 68.9 Å². The minimum Gasteiger partial charge on any atom is -0.493 e. The molecule has 1 aromatic carbocycles. The normalized spacial score (nSPS) is 14.7. The van der Waals surface area contributed by atoms with E-state index >= 15 is 0 Å². The number of nitrogens with two attached hydrogens (primary N) is 1. The van der Waals surface area contributed by atoms with E-state index in [1.54, 1.807) is 7.11 Å². The Balaban J connectivity index is 0.00000264. The van der Waals surface area contributed by atoms with Gasteiger partial charge in [0.25, 0.3) is 0 Å². The third-order valence-electron chi connectivity index (χ3n) is 3.81. The number of guanidine groups is 1. The highest BCUT2D eigenvalue weighted by molar-refractivity contribution is 14.0. The molecule has 1 saturated carbocycles. The van der Waals surface area contributed by atoms with Crippen molar-refractivity contribution in [2.75, 3.05) is 20.3 Å². The maximum absolute atomic E-state index is 6.24. The Hall–Kier alpha value is -0.890. The third kappa shape index (κ3) is 5.91.